The molecule has 0 aliphatic carbocycles. The van der Waals surface area contributed by atoms with Crippen LogP contribution in [0, 0.1) is 0 Å². The third-order valence-corrected chi connectivity index (χ3v) is 2.52. The molecule has 0 saturated heterocycles. The molecule has 2 aromatic carbocycles. The van der Waals surface area contributed by atoms with Gasteiger partial charge in [0.15, 0.2) is 3.79 Å². The third-order valence-electron chi connectivity index (χ3n) is 1.61. The second kappa shape index (κ2) is 7.66. The van der Waals surface area contributed by atoms with Crippen molar-refractivity contribution in [2.75, 3.05) is 0 Å². The van der Waals surface area contributed by atoms with Crippen LogP contribution in [0.15, 0.2) is 48.5 Å². The van der Waals surface area contributed by atoms with Crippen molar-refractivity contribution in [1.82, 2.24) is 0 Å². The van der Waals surface area contributed by atoms with E-state index >= 15 is 0 Å². The van der Waals surface area contributed by atoms with Gasteiger partial charge in [-0.15, -0.1) is 17.2 Å². The summed E-state index contributed by atoms with van der Waals surface area (Å²) >= 11 is 22.0. The maximum Gasteiger partial charge on any atom is 2.00 e. The molecule has 5 heteroatoms. The molecule has 0 amide bonds. The van der Waals surface area contributed by atoms with Gasteiger partial charge in [0.1, 0.15) is 0 Å². The first kappa shape index (κ1) is 16.4. The molecule has 0 aliphatic rings. The molecule has 88 valence electrons. The van der Waals surface area contributed by atoms with Crippen LogP contribution < -0.4 is 0 Å². The Morgan fingerprint density at radius 2 is 1.50 bits per heavy atom. The second-order valence-corrected chi connectivity index (χ2v) is 5.49. The van der Waals surface area contributed by atoms with E-state index in [2.05, 4.69) is 0 Å². The summed E-state index contributed by atoms with van der Waals surface area (Å²) in [7, 11) is 0. The van der Waals surface area contributed by atoms with Crippen molar-refractivity contribution in [1.29, 1.82) is 0 Å². The zero-order valence-corrected chi connectivity index (χ0v) is 12.1. The number of alkyl halides is 3. The predicted octanol–water partition coefficient (Wildman–Crippen LogP) is 5.29. The van der Waals surface area contributed by atoms with Gasteiger partial charge in [-0.05, 0) is 0 Å². The summed E-state index contributed by atoms with van der Waals surface area (Å²) in [5.41, 5.74) is 0.715. The van der Waals surface area contributed by atoms with Gasteiger partial charge in [0.25, 0.3) is 0 Å². The molecule has 0 N–H and O–H groups in total. The van der Waals surface area contributed by atoms with Crippen LogP contribution in [0.4, 0.5) is 0 Å². The van der Waals surface area contributed by atoms with Crippen molar-refractivity contribution in [3.05, 3.63) is 59.1 Å². The van der Waals surface area contributed by atoms with Gasteiger partial charge in [0.05, 0.1) is 0 Å². The molecule has 0 unspecified atom stereocenters. The average Bonchev–Trinajstić information content (AvgIpc) is 2.73. The normalized spacial score (nSPS) is 10.0. The summed E-state index contributed by atoms with van der Waals surface area (Å²) in [6, 6.07) is 14.7. The van der Waals surface area contributed by atoms with Crippen molar-refractivity contribution < 1.29 is 17.1 Å². The van der Waals surface area contributed by atoms with Crippen LogP contribution >= 0.6 is 46.4 Å². The summed E-state index contributed by atoms with van der Waals surface area (Å²) < 4.78 is -1.26. The summed E-state index contributed by atoms with van der Waals surface area (Å²) in [5.74, 6) is 0. The Kier molecular flexibility index (Phi) is 7.84. The molecule has 0 heterocycles. The fraction of sp³-hybridized carbons (Fsp3) is 0.0909. The molecule has 0 saturated carbocycles. The minimum atomic E-state index is -1.26. The summed E-state index contributed by atoms with van der Waals surface area (Å²) in [4.78, 5) is 0. The van der Waals surface area contributed by atoms with Gasteiger partial charge in [-0.2, -0.15) is 30.3 Å². The van der Waals surface area contributed by atoms with E-state index in [4.69, 9.17) is 46.4 Å². The van der Waals surface area contributed by atoms with Crippen molar-refractivity contribution in [2.45, 2.75) is 3.79 Å². The predicted molar refractivity (Wildman–Crippen MR) is 68.3 cm³/mol. The molecular weight excluding hydrogens is 330 g/mol. The van der Waals surface area contributed by atoms with E-state index < -0.39 is 3.79 Å². The van der Waals surface area contributed by atoms with E-state index in [9.17, 15) is 0 Å². The summed E-state index contributed by atoms with van der Waals surface area (Å²) in [6.07, 6.45) is 0. The first-order valence-corrected chi connectivity index (χ1v) is 5.67. The van der Waals surface area contributed by atoms with E-state index in [0.29, 0.717) is 5.56 Å². The quantitative estimate of drug-likeness (QED) is 0.348. The standard InChI is InChI=1S/C6H4Cl3.C5H4Cl.Fe/c7-6(8,9)5-3-1-2-4-5;6-5-3-1-2-4-5;/h1-4H;1-4H;/q2*-1;+2. The molecule has 0 nitrogen and oxygen atoms in total. The van der Waals surface area contributed by atoms with Crippen molar-refractivity contribution in [3.63, 3.8) is 0 Å². The van der Waals surface area contributed by atoms with E-state index in [-0.39, 0.29) is 17.1 Å². The van der Waals surface area contributed by atoms with Crippen LogP contribution in [0.5, 0.6) is 0 Å². The fourth-order valence-corrected chi connectivity index (χ4v) is 1.44. The minimum Gasteiger partial charge on any atom is -0.213 e. The second-order valence-electron chi connectivity index (χ2n) is 2.77. The average molecular weight is 338 g/mol. The Morgan fingerprint density at radius 1 is 0.938 bits per heavy atom. The zero-order valence-electron chi connectivity index (χ0n) is 7.98. The van der Waals surface area contributed by atoms with E-state index in [1.807, 2.05) is 36.4 Å². The van der Waals surface area contributed by atoms with Crippen LogP contribution in [0.1, 0.15) is 5.56 Å². The molecule has 2 aromatic rings. The number of halogens is 4. The molecule has 0 fully saturated rings. The van der Waals surface area contributed by atoms with Gasteiger partial charge in [-0.3, -0.25) is 0 Å². The maximum atomic E-state index is 5.53. The molecule has 0 aliphatic heterocycles. The first-order valence-electron chi connectivity index (χ1n) is 4.16. The SMILES string of the molecule is ClC(Cl)(Cl)c1ccc[cH-]1.Clc1ccc[cH-]1.[Fe+2]. The van der Waals surface area contributed by atoms with Crippen molar-refractivity contribution in [3.8, 4) is 0 Å². The molecular formula is C11H8Cl4Fe. The van der Waals surface area contributed by atoms with Crippen LogP contribution in [0.2, 0.25) is 5.02 Å². The Labute approximate surface area is 126 Å². The number of hydrogen-bond acceptors (Lipinski definition) is 0. The first-order chi connectivity index (χ1) is 7.00. The van der Waals surface area contributed by atoms with E-state index in [1.54, 1.807) is 12.1 Å². The zero-order chi connectivity index (χ0) is 11.3. The molecule has 16 heavy (non-hydrogen) atoms. The smallest absolute Gasteiger partial charge is 0.213 e. The molecule has 0 atom stereocenters. The Bertz CT molecular complexity index is 359. The van der Waals surface area contributed by atoms with Gasteiger partial charge in [-0.25, -0.2) is 18.2 Å². The number of hydrogen-bond donors (Lipinski definition) is 0. The molecule has 0 radical (unpaired) electrons. The van der Waals surface area contributed by atoms with Crippen LogP contribution in [0.3, 0.4) is 0 Å². The van der Waals surface area contributed by atoms with E-state index in [1.165, 1.54) is 0 Å². The third kappa shape index (κ3) is 6.20. The Hall–Kier alpha value is 0.379. The molecule has 2 rings (SSSR count). The fourth-order valence-electron chi connectivity index (χ4n) is 0.914. The van der Waals surface area contributed by atoms with Crippen LogP contribution in [-0.4, -0.2) is 0 Å². The molecule has 0 spiro atoms. The van der Waals surface area contributed by atoms with Gasteiger partial charge >= 0.3 is 17.1 Å². The van der Waals surface area contributed by atoms with E-state index in [0.717, 1.165) is 5.02 Å². The number of rotatable bonds is 0. The summed E-state index contributed by atoms with van der Waals surface area (Å²) in [6.45, 7) is 0. The maximum absolute atomic E-state index is 5.53. The molecule has 0 bridgehead atoms. The van der Waals surface area contributed by atoms with Gasteiger partial charge < -0.3 is 0 Å². The van der Waals surface area contributed by atoms with Gasteiger partial charge in [-0.1, -0.05) is 39.8 Å². The largest absolute Gasteiger partial charge is 2.00 e. The van der Waals surface area contributed by atoms with Crippen LogP contribution in [-0.2, 0) is 20.9 Å². The van der Waals surface area contributed by atoms with Crippen LogP contribution in [0.25, 0.3) is 0 Å². The van der Waals surface area contributed by atoms with Gasteiger partial charge in [0.2, 0.25) is 0 Å². The minimum absolute atomic E-state index is 0. The monoisotopic (exact) mass is 336 g/mol. The molecule has 0 aromatic heterocycles. The Morgan fingerprint density at radius 3 is 1.69 bits per heavy atom. The van der Waals surface area contributed by atoms with Crippen molar-refractivity contribution in [2.24, 2.45) is 0 Å². The van der Waals surface area contributed by atoms with Gasteiger partial charge in [0, 0.05) is 0 Å². The Balaban J connectivity index is 0.000000283. The van der Waals surface area contributed by atoms with Crippen molar-refractivity contribution >= 4 is 46.4 Å². The summed E-state index contributed by atoms with van der Waals surface area (Å²) in [5, 5.41) is 0.815. The topological polar surface area (TPSA) is 0 Å².